The second kappa shape index (κ2) is 21.4. The molecule has 422 valence electrons. The zero-order valence-electron chi connectivity index (χ0n) is 49.6. The van der Waals surface area contributed by atoms with Crippen LogP contribution in [0.3, 0.4) is 0 Å². The monoisotopic (exact) mass is 1110 g/mol. The van der Waals surface area contributed by atoms with Gasteiger partial charge in [0.25, 0.3) is 11.8 Å². The van der Waals surface area contributed by atoms with Crippen molar-refractivity contribution in [2.24, 2.45) is 0 Å². The molecule has 0 aromatic heterocycles. The number of anilines is 2. The third-order valence-corrected chi connectivity index (χ3v) is 24.2. The van der Waals surface area contributed by atoms with E-state index in [0.717, 1.165) is 11.1 Å². The van der Waals surface area contributed by atoms with Crippen molar-refractivity contribution in [2.75, 3.05) is 24.0 Å². The fourth-order valence-corrected chi connectivity index (χ4v) is 11.8. The highest BCUT2D eigenvalue weighted by atomic mass is 28.4. The Hall–Kier alpha value is -6.27. The standard InChI is InChI=1S/C60H82N4O12Si2/c1-22-38-25-39(34-71-49-30-43-41(28-47(49)69-16)51(65)61-32-36(2)23-45(61)53(75-77(18,19)59(10,11)12)63(43)55(67)73-57(4,5)6)27-40(26-38)35-72-50-31-44-42(29-48(50)70-17)52(66)62-33-37(3)24-46(62)54(76-78(20,21)60(13,14)15)64(44)56(68)74-58(7,8)9/h1,25-33,45-46,53-54H,23-24,34-35H2,2-21H3/t45-,46-,53-,54-/m0/s1. The minimum atomic E-state index is -2.62. The fraction of sp³-hybridized carbons (Fsp3) is 0.533. The molecule has 0 spiro atoms. The summed E-state index contributed by atoms with van der Waals surface area (Å²) in [7, 11) is -2.25. The van der Waals surface area contributed by atoms with E-state index in [1.165, 1.54) is 24.0 Å². The minimum absolute atomic E-state index is 0.0189. The Kier molecular flexibility index (Phi) is 16.3. The largest absolute Gasteiger partial charge is 0.493 e. The average molecular weight is 1110 g/mol. The second-order valence-corrected chi connectivity index (χ2v) is 35.5. The van der Waals surface area contributed by atoms with E-state index in [1.807, 2.05) is 44.4 Å². The van der Waals surface area contributed by atoms with Crippen molar-refractivity contribution in [2.45, 2.75) is 195 Å². The van der Waals surface area contributed by atoms with Crippen molar-refractivity contribution in [1.29, 1.82) is 0 Å². The number of ether oxygens (including phenoxy) is 6. The van der Waals surface area contributed by atoms with Gasteiger partial charge in [-0.3, -0.25) is 9.59 Å². The lowest BCUT2D eigenvalue weighted by atomic mass is 10.1. The van der Waals surface area contributed by atoms with Gasteiger partial charge in [-0.2, -0.15) is 0 Å². The first-order chi connectivity index (χ1) is 36.0. The summed E-state index contributed by atoms with van der Waals surface area (Å²) in [5, 5.41) is -0.479. The van der Waals surface area contributed by atoms with Crippen molar-refractivity contribution in [3.8, 4) is 35.3 Å². The molecule has 0 unspecified atom stereocenters. The highest BCUT2D eigenvalue weighted by molar-refractivity contribution is 6.74. The predicted molar refractivity (Wildman–Crippen MR) is 307 cm³/mol. The Morgan fingerprint density at radius 2 is 0.936 bits per heavy atom. The van der Waals surface area contributed by atoms with Crippen LogP contribution in [0.2, 0.25) is 36.3 Å². The van der Waals surface area contributed by atoms with Gasteiger partial charge in [0.15, 0.2) is 52.1 Å². The highest BCUT2D eigenvalue weighted by Gasteiger charge is 2.53. The van der Waals surface area contributed by atoms with Crippen LogP contribution in [0.1, 0.15) is 147 Å². The SMILES string of the molecule is C#Cc1cc(COc2cc3c(cc2OC)C(=O)N2C=C(C)C[C@H]2[C@H](O[Si](C)(C)C(C)(C)C)N3C(=O)OC(C)(C)C)cc(COc2cc3c(cc2OC)C(=O)N2C=C(C)C[C@H]2[C@H](O[Si](C)(C)C(C)(C)C)N3C(=O)OC(C)(C)C)c1. The summed E-state index contributed by atoms with van der Waals surface area (Å²) in [5.74, 6) is 3.14. The highest BCUT2D eigenvalue weighted by Crippen LogP contribution is 2.48. The lowest BCUT2D eigenvalue weighted by molar-refractivity contribution is 0.0358. The quantitative estimate of drug-likeness (QED) is 0.125. The van der Waals surface area contributed by atoms with Gasteiger partial charge in [-0.25, -0.2) is 19.4 Å². The Balaban J connectivity index is 1.26. The molecule has 4 aliphatic heterocycles. The molecule has 4 heterocycles. The van der Waals surface area contributed by atoms with Crippen LogP contribution < -0.4 is 28.7 Å². The summed E-state index contributed by atoms with van der Waals surface area (Å²) in [6.45, 7) is 35.9. The molecule has 4 aliphatic rings. The molecule has 18 heteroatoms. The van der Waals surface area contributed by atoms with Crippen LogP contribution in [0.25, 0.3) is 0 Å². The number of terminal acetylenes is 1. The van der Waals surface area contributed by atoms with Gasteiger partial charge in [0.1, 0.15) is 24.4 Å². The Labute approximate surface area is 464 Å². The maximum Gasteiger partial charge on any atom is 0.417 e. The molecular formula is C60H82N4O12Si2. The second-order valence-electron chi connectivity index (χ2n) is 26.0. The smallest absolute Gasteiger partial charge is 0.417 e. The molecule has 3 aromatic rings. The first-order valence-electron chi connectivity index (χ1n) is 26.7. The van der Waals surface area contributed by atoms with Gasteiger partial charge in [0.2, 0.25) is 0 Å². The normalized spacial score (nSPS) is 19.8. The Morgan fingerprint density at radius 1 is 0.577 bits per heavy atom. The van der Waals surface area contributed by atoms with Gasteiger partial charge in [-0.1, -0.05) is 58.6 Å². The van der Waals surface area contributed by atoms with Gasteiger partial charge in [0.05, 0.1) is 48.8 Å². The lowest BCUT2D eigenvalue weighted by Crippen LogP contribution is -2.58. The van der Waals surface area contributed by atoms with Gasteiger partial charge >= 0.3 is 12.2 Å². The number of rotatable bonds is 12. The molecule has 0 aliphatic carbocycles. The van der Waals surface area contributed by atoms with Crippen LogP contribution >= 0.6 is 0 Å². The maximum atomic E-state index is 14.7. The summed E-state index contributed by atoms with van der Waals surface area (Å²) in [5.41, 5.74) is 3.03. The van der Waals surface area contributed by atoms with Gasteiger partial charge in [-0.15, -0.1) is 6.42 Å². The van der Waals surface area contributed by atoms with Crippen molar-refractivity contribution < 1.29 is 56.5 Å². The van der Waals surface area contributed by atoms with E-state index in [-0.39, 0.29) is 80.6 Å². The third kappa shape index (κ3) is 12.3. The number of hydrogen-bond donors (Lipinski definition) is 0. The van der Waals surface area contributed by atoms with Crippen LogP contribution in [0.5, 0.6) is 23.0 Å². The molecular weight excluding hydrogens is 1020 g/mol. The van der Waals surface area contributed by atoms with E-state index < -0.39 is 64.6 Å². The molecule has 16 nitrogen and oxygen atoms in total. The van der Waals surface area contributed by atoms with Crippen LogP contribution in [-0.2, 0) is 31.5 Å². The van der Waals surface area contributed by atoms with E-state index in [2.05, 4.69) is 73.7 Å². The Morgan fingerprint density at radius 3 is 1.24 bits per heavy atom. The van der Waals surface area contributed by atoms with Crippen molar-refractivity contribution in [1.82, 2.24) is 9.80 Å². The molecule has 0 radical (unpaired) electrons. The van der Waals surface area contributed by atoms with Gasteiger partial charge in [-0.05, 0) is 146 Å². The number of methoxy groups -OCH3 is 2. The molecule has 0 saturated carbocycles. The summed E-state index contributed by atoms with van der Waals surface area (Å²) in [4.78, 5) is 65.1. The zero-order valence-corrected chi connectivity index (χ0v) is 51.6. The predicted octanol–water partition coefficient (Wildman–Crippen LogP) is 13.3. The topological polar surface area (TPSA) is 155 Å². The van der Waals surface area contributed by atoms with Crippen LogP contribution in [0.4, 0.5) is 21.0 Å². The van der Waals surface area contributed by atoms with E-state index in [1.54, 1.807) is 75.6 Å². The van der Waals surface area contributed by atoms with Gasteiger partial charge in [0, 0.05) is 30.1 Å². The first kappa shape index (κ1) is 59.4. The summed E-state index contributed by atoms with van der Waals surface area (Å²) in [6.07, 6.45) is 7.55. The van der Waals surface area contributed by atoms with Gasteiger partial charge < -0.3 is 47.1 Å². The lowest BCUT2D eigenvalue weighted by Gasteiger charge is -2.44. The molecule has 0 fully saturated rings. The summed E-state index contributed by atoms with van der Waals surface area (Å²) in [6, 6.07) is 10.9. The number of fused-ring (bicyclic) bond motifs is 4. The number of benzene rings is 3. The van der Waals surface area contributed by atoms with Crippen molar-refractivity contribution in [3.05, 3.63) is 93.8 Å². The molecule has 7 rings (SSSR count). The summed E-state index contributed by atoms with van der Waals surface area (Å²) < 4.78 is 51.6. The molecule has 0 bridgehead atoms. The van der Waals surface area contributed by atoms with Crippen LogP contribution in [0, 0.1) is 12.3 Å². The number of amides is 4. The number of hydrogen-bond acceptors (Lipinski definition) is 12. The number of nitrogens with zero attached hydrogens (tertiary/aromatic N) is 4. The molecule has 4 amide bonds. The van der Waals surface area contributed by atoms with E-state index in [0.29, 0.717) is 29.5 Å². The van der Waals surface area contributed by atoms with E-state index in [4.69, 9.17) is 43.7 Å². The maximum absolute atomic E-state index is 14.7. The first-order valence-corrected chi connectivity index (χ1v) is 32.5. The van der Waals surface area contributed by atoms with Crippen LogP contribution in [-0.4, -0.2) is 100 Å². The molecule has 78 heavy (non-hydrogen) atoms. The number of carbonyl (C=O) groups is 4. The van der Waals surface area contributed by atoms with Crippen LogP contribution in [0.15, 0.2) is 66.0 Å². The zero-order chi connectivity index (χ0) is 58.0. The van der Waals surface area contributed by atoms with E-state index >= 15 is 0 Å². The summed E-state index contributed by atoms with van der Waals surface area (Å²) >= 11 is 0. The molecule has 3 aromatic carbocycles. The van der Waals surface area contributed by atoms with Crippen molar-refractivity contribution in [3.63, 3.8) is 0 Å². The fourth-order valence-electron chi connectivity index (χ4n) is 9.39. The Bertz CT molecular complexity index is 2780. The average Bonchev–Trinajstić information content (AvgIpc) is 3.93. The molecule has 4 atom stereocenters. The number of carbonyl (C=O) groups excluding carboxylic acids is 4. The molecule has 0 N–H and O–H groups in total. The van der Waals surface area contributed by atoms with E-state index in [9.17, 15) is 19.2 Å². The third-order valence-electron chi connectivity index (χ3n) is 15.3. The minimum Gasteiger partial charge on any atom is -0.493 e. The van der Waals surface area contributed by atoms with Crippen molar-refractivity contribution >= 4 is 52.0 Å². The molecule has 0 saturated heterocycles.